The van der Waals surface area contributed by atoms with Crippen LogP contribution in [0.25, 0.3) is 0 Å². The molecule has 152 valence electrons. The van der Waals surface area contributed by atoms with Gasteiger partial charge in [-0.2, -0.15) is 0 Å². The van der Waals surface area contributed by atoms with Gasteiger partial charge < -0.3 is 25.2 Å². The van der Waals surface area contributed by atoms with Crippen LogP contribution < -0.4 is 4.74 Å². The Morgan fingerprint density at radius 3 is 2.39 bits per heavy atom. The Kier molecular flexibility index (Phi) is 7.81. The first-order chi connectivity index (χ1) is 13.4. The molecule has 28 heavy (non-hydrogen) atoms. The third-order valence-corrected chi connectivity index (χ3v) is 4.86. The van der Waals surface area contributed by atoms with Gasteiger partial charge in [0.2, 0.25) is 0 Å². The predicted molar refractivity (Wildman–Crippen MR) is 107 cm³/mol. The maximum absolute atomic E-state index is 11.2. The van der Waals surface area contributed by atoms with Gasteiger partial charge in [-0.1, -0.05) is 24.9 Å². The predicted octanol–water partition coefficient (Wildman–Crippen LogP) is 4.90. The van der Waals surface area contributed by atoms with Crippen LogP contribution in [-0.4, -0.2) is 33.0 Å². The monoisotopic (exact) mass is 408 g/mol. The van der Waals surface area contributed by atoms with E-state index in [0.29, 0.717) is 41.3 Å². The van der Waals surface area contributed by atoms with Crippen LogP contribution in [0.4, 0.5) is 0 Å². The number of phenolic OH excluding ortho intramolecular Hbond substituents is 2. The first-order valence-corrected chi connectivity index (χ1v) is 9.64. The zero-order valence-corrected chi connectivity index (χ0v) is 16.5. The van der Waals surface area contributed by atoms with Crippen LogP contribution in [-0.2, 0) is 12.8 Å². The molecule has 2 aromatic rings. The van der Waals surface area contributed by atoms with Crippen LogP contribution >= 0.6 is 11.6 Å². The first kappa shape index (κ1) is 21.7. The third-order valence-electron chi connectivity index (χ3n) is 4.50. The minimum Gasteiger partial charge on any atom is -0.507 e. The van der Waals surface area contributed by atoms with E-state index in [1.807, 2.05) is 6.92 Å². The van der Waals surface area contributed by atoms with E-state index < -0.39 is 5.97 Å². The molecule has 0 radical (unpaired) electrons. The molecule has 0 saturated heterocycles. The summed E-state index contributed by atoms with van der Waals surface area (Å²) in [5, 5.41) is 39.2. The van der Waals surface area contributed by atoms with Crippen molar-refractivity contribution in [2.75, 3.05) is 6.61 Å². The fraction of sp³-hybridized carbons (Fsp3) is 0.381. The number of halogens is 1. The lowest BCUT2D eigenvalue weighted by Gasteiger charge is -2.14. The molecule has 0 fully saturated rings. The Morgan fingerprint density at radius 2 is 1.71 bits per heavy atom. The second kappa shape index (κ2) is 10.1. The second-order valence-corrected chi connectivity index (χ2v) is 6.95. The summed E-state index contributed by atoms with van der Waals surface area (Å²) in [4.78, 5) is 11.2. The molecule has 6 nitrogen and oxygen atoms in total. The number of phenols is 3. The van der Waals surface area contributed by atoms with E-state index >= 15 is 0 Å². The standard InChI is InChI=1S/C21H25ClO6/c1-2-6-14-18(11-8-15(19(14)24)21(26)27)28-12-5-3-4-7-13-16(22)9-10-17(23)20(13)25/h8-11,23-25H,2-7,12H2,1H3,(H,26,27). The summed E-state index contributed by atoms with van der Waals surface area (Å²) in [6.45, 7) is 2.36. The van der Waals surface area contributed by atoms with Gasteiger partial charge in [0.25, 0.3) is 0 Å². The minimum absolute atomic E-state index is 0.126. The average molecular weight is 409 g/mol. The number of benzene rings is 2. The summed E-state index contributed by atoms with van der Waals surface area (Å²) < 4.78 is 5.76. The van der Waals surface area contributed by atoms with Crippen molar-refractivity contribution in [1.82, 2.24) is 0 Å². The molecule has 0 atom stereocenters. The van der Waals surface area contributed by atoms with Crippen molar-refractivity contribution in [3.63, 3.8) is 0 Å². The third kappa shape index (κ3) is 5.23. The summed E-state index contributed by atoms with van der Waals surface area (Å²) in [5.41, 5.74) is 0.916. The molecule has 0 bridgehead atoms. The van der Waals surface area contributed by atoms with E-state index in [0.717, 1.165) is 25.7 Å². The van der Waals surface area contributed by atoms with Gasteiger partial charge in [-0.3, -0.25) is 0 Å². The number of aromatic carboxylic acids is 1. The normalized spacial score (nSPS) is 10.8. The molecule has 0 aliphatic carbocycles. The molecule has 4 N–H and O–H groups in total. The lowest BCUT2D eigenvalue weighted by Crippen LogP contribution is -2.04. The quantitative estimate of drug-likeness (QED) is 0.329. The highest BCUT2D eigenvalue weighted by Gasteiger charge is 2.17. The number of carboxylic acids is 1. The van der Waals surface area contributed by atoms with Gasteiger partial charge in [0, 0.05) is 16.1 Å². The van der Waals surface area contributed by atoms with Crippen molar-refractivity contribution in [2.24, 2.45) is 0 Å². The molecule has 2 rings (SSSR count). The van der Waals surface area contributed by atoms with Crippen LogP contribution in [0.5, 0.6) is 23.0 Å². The number of rotatable bonds is 10. The number of hydrogen-bond donors (Lipinski definition) is 4. The molecule has 2 aromatic carbocycles. The van der Waals surface area contributed by atoms with Gasteiger partial charge in [0.05, 0.1) is 6.61 Å². The Hall–Kier alpha value is -2.60. The topological polar surface area (TPSA) is 107 Å². The van der Waals surface area contributed by atoms with Gasteiger partial charge in [0.1, 0.15) is 17.1 Å². The van der Waals surface area contributed by atoms with E-state index in [1.165, 1.54) is 12.1 Å². The maximum Gasteiger partial charge on any atom is 0.339 e. The highest BCUT2D eigenvalue weighted by Crippen LogP contribution is 2.35. The molecular weight excluding hydrogens is 384 g/mol. The summed E-state index contributed by atoms with van der Waals surface area (Å²) in [5.74, 6) is -1.27. The van der Waals surface area contributed by atoms with Crippen molar-refractivity contribution in [1.29, 1.82) is 0 Å². The second-order valence-electron chi connectivity index (χ2n) is 6.55. The highest BCUT2D eigenvalue weighted by molar-refractivity contribution is 6.31. The maximum atomic E-state index is 11.2. The summed E-state index contributed by atoms with van der Waals surface area (Å²) in [7, 11) is 0. The van der Waals surface area contributed by atoms with Crippen LogP contribution in [0.3, 0.4) is 0 Å². The van der Waals surface area contributed by atoms with E-state index in [-0.39, 0.29) is 22.8 Å². The molecule has 0 spiro atoms. The molecule has 0 unspecified atom stereocenters. The van der Waals surface area contributed by atoms with Crippen molar-refractivity contribution < 1.29 is 30.0 Å². The summed E-state index contributed by atoms with van der Waals surface area (Å²) in [6, 6.07) is 5.84. The molecule has 0 aliphatic rings. The lowest BCUT2D eigenvalue weighted by atomic mass is 10.0. The average Bonchev–Trinajstić information content (AvgIpc) is 2.65. The fourth-order valence-electron chi connectivity index (χ4n) is 3.02. The van der Waals surface area contributed by atoms with Crippen LogP contribution in [0.2, 0.25) is 5.02 Å². The fourth-order valence-corrected chi connectivity index (χ4v) is 3.26. The Bertz CT molecular complexity index is 834. The molecular formula is C21H25ClO6. The van der Waals surface area contributed by atoms with Gasteiger partial charge in [-0.25, -0.2) is 4.79 Å². The Balaban J connectivity index is 1.88. The minimum atomic E-state index is -1.17. The zero-order valence-electron chi connectivity index (χ0n) is 15.7. The molecule has 0 heterocycles. The summed E-state index contributed by atoms with van der Waals surface area (Å²) >= 11 is 6.06. The number of aromatic hydroxyl groups is 3. The first-order valence-electron chi connectivity index (χ1n) is 9.27. The van der Waals surface area contributed by atoms with E-state index in [1.54, 1.807) is 12.1 Å². The SMILES string of the molecule is CCCc1c(OCCCCCc2c(Cl)ccc(O)c2O)ccc(C(=O)O)c1O. The van der Waals surface area contributed by atoms with Crippen molar-refractivity contribution in [3.05, 3.63) is 46.0 Å². The van der Waals surface area contributed by atoms with Gasteiger partial charge in [-0.05, 0) is 56.4 Å². The van der Waals surface area contributed by atoms with E-state index in [4.69, 9.17) is 21.4 Å². The number of unbranched alkanes of at least 4 members (excludes halogenated alkanes) is 2. The van der Waals surface area contributed by atoms with Crippen molar-refractivity contribution in [2.45, 2.75) is 45.4 Å². The molecule has 7 heteroatoms. The van der Waals surface area contributed by atoms with Gasteiger partial charge >= 0.3 is 5.97 Å². The Labute approximate surface area is 169 Å². The lowest BCUT2D eigenvalue weighted by molar-refractivity contribution is 0.0693. The van der Waals surface area contributed by atoms with E-state index in [2.05, 4.69) is 0 Å². The van der Waals surface area contributed by atoms with Crippen molar-refractivity contribution >= 4 is 17.6 Å². The van der Waals surface area contributed by atoms with Crippen LogP contribution in [0, 0.1) is 0 Å². The highest BCUT2D eigenvalue weighted by atomic mass is 35.5. The smallest absolute Gasteiger partial charge is 0.339 e. The number of ether oxygens (including phenoxy) is 1. The van der Waals surface area contributed by atoms with Crippen molar-refractivity contribution in [3.8, 4) is 23.0 Å². The molecule has 0 saturated carbocycles. The van der Waals surface area contributed by atoms with E-state index in [9.17, 15) is 20.1 Å². The van der Waals surface area contributed by atoms with Gasteiger partial charge in [0.15, 0.2) is 11.5 Å². The molecule has 0 aliphatic heterocycles. The number of carboxylic acid groups (broad SMARTS) is 1. The van der Waals surface area contributed by atoms with Gasteiger partial charge in [-0.15, -0.1) is 0 Å². The zero-order chi connectivity index (χ0) is 20.7. The summed E-state index contributed by atoms with van der Waals surface area (Å²) in [6.07, 6.45) is 4.12. The van der Waals surface area contributed by atoms with Crippen LogP contribution in [0.1, 0.15) is 54.1 Å². The largest absolute Gasteiger partial charge is 0.507 e. The van der Waals surface area contributed by atoms with Crippen LogP contribution in [0.15, 0.2) is 24.3 Å². The number of hydrogen-bond acceptors (Lipinski definition) is 5. The molecule has 0 aromatic heterocycles. The Morgan fingerprint density at radius 1 is 0.964 bits per heavy atom. The molecule has 0 amide bonds. The number of carbonyl (C=O) groups is 1.